The lowest BCUT2D eigenvalue weighted by Gasteiger charge is -2.34. The van der Waals surface area contributed by atoms with Crippen LogP contribution in [0.4, 0.5) is 19.1 Å². The normalized spacial score (nSPS) is 22.7. The first-order valence-corrected chi connectivity index (χ1v) is 13.8. The van der Waals surface area contributed by atoms with Crippen LogP contribution in [0.25, 0.3) is 0 Å². The van der Waals surface area contributed by atoms with Gasteiger partial charge < -0.3 is 15.4 Å². The number of nitrogens with two attached hydrogens (primary N) is 1. The highest BCUT2D eigenvalue weighted by Crippen LogP contribution is 2.32. The second kappa shape index (κ2) is 10.9. The molecule has 2 N–H and O–H groups in total. The number of piperidine rings is 1. The van der Waals surface area contributed by atoms with Crippen molar-refractivity contribution in [2.75, 3.05) is 36.8 Å². The number of rotatable bonds is 8. The van der Waals surface area contributed by atoms with Crippen LogP contribution in [0, 0.1) is 23.4 Å². The van der Waals surface area contributed by atoms with Crippen LogP contribution in [-0.2, 0) is 10.0 Å². The Morgan fingerprint density at radius 2 is 1.72 bits per heavy atom. The van der Waals surface area contributed by atoms with Crippen molar-refractivity contribution in [3.8, 4) is 5.75 Å². The number of aromatic nitrogens is 2. The molecule has 2 saturated heterocycles. The fraction of sp³-hybridized carbons (Fsp3) is 0.583. The summed E-state index contributed by atoms with van der Waals surface area (Å²) in [6, 6.07) is 0.898. The zero-order valence-corrected chi connectivity index (χ0v) is 21.2. The molecule has 0 saturated carbocycles. The first kappa shape index (κ1) is 26.6. The molecule has 198 valence electrons. The summed E-state index contributed by atoms with van der Waals surface area (Å²) in [4.78, 5) is 10.5. The van der Waals surface area contributed by atoms with E-state index in [0.717, 1.165) is 18.9 Å². The number of benzene rings is 1. The van der Waals surface area contributed by atoms with Gasteiger partial charge in [0.15, 0.2) is 17.4 Å². The first-order chi connectivity index (χ1) is 17.1. The summed E-state index contributed by atoms with van der Waals surface area (Å²) >= 11 is 0. The highest BCUT2D eigenvalue weighted by atomic mass is 32.2. The molecule has 3 heterocycles. The largest absolute Gasteiger partial charge is 0.487 e. The van der Waals surface area contributed by atoms with E-state index in [0.29, 0.717) is 43.8 Å². The van der Waals surface area contributed by atoms with Crippen molar-refractivity contribution in [1.82, 2.24) is 14.3 Å². The number of anilines is 1. The van der Waals surface area contributed by atoms with Gasteiger partial charge in [-0.15, -0.1) is 0 Å². The van der Waals surface area contributed by atoms with Crippen LogP contribution in [0.3, 0.4) is 0 Å². The Morgan fingerprint density at radius 1 is 1.08 bits per heavy atom. The molecule has 3 atom stereocenters. The SMILES string of the molecule is CCCS(=O)(=O)N1CCC([C@H](C)Oc2cnc(N3C[C@H](c4cc(F)c(F)cc4F)[C@@H](N)C3)nc2)CC1. The van der Waals surface area contributed by atoms with Gasteiger partial charge in [-0.25, -0.2) is 35.9 Å². The van der Waals surface area contributed by atoms with Crippen LogP contribution in [-0.4, -0.2) is 66.8 Å². The number of halogens is 3. The number of hydrogen-bond acceptors (Lipinski definition) is 7. The summed E-state index contributed by atoms with van der Waals surface area (Å²) in [6.45, 7) is 5.39. The van der Waals surface area contributed by atoms with Gasteiger partial charge in [-0.1, -0.05) is 6.92 Å². The quantitative estimate of drug-likeness (QED) is 0.527. The molecule has 2 aromatic rings. The number of hydrogen-bond donors (Lipinski definition) is 1. The van der Waals surface area contributed by atoms with Crippen molar-refractivity contribution in [1.29, 1.82) is 0 Å². The van der Waals surface area contributed by atoms with Crippen molar-refractivity contribution >= 4 is 16.0 Å². The van der Waals surface area contributed by atoms with Gasteiger partial charge in [0.2, 0.25) is 16.0 Å². The summed E-state index contributed by atoms with van der Waals surface area (Å²) in [5, 5.41) is 0. The minimum atomic E-state index is -3.18. The predicted molar refractivity (Wildman–Crippen MR) is 130 cm³/mol. The van der Waals surface area contributed by atoms with E-state index in [9.17, 15) is 21.6 Å². The second-order valence-electron chi connectivity index (χ2n) is 9.56. The number of nitrogens with zero attached hydrogens (tertiary/aromatic N) is 4. The Morgan fingerprint density at radius 3 is 2.36 bits per heavy atom. The molecular weight excluding hydrogens is 495 g/mol. The van der Waals surface area contributed by atoms with Crippen LogP contribution in [0.1, 0.15) is 44.6 Å². The van der Waals surface area contributed by atoms with E-state index in [-0.39, 0.29) is 29.9 Å². The molecule has 2 aliphatic heterocycles. The first-order valence-electron chi connectivity index (χ1n) is 12.2. The molecule has 4 rings (SSSR count). The number of sulfonamides is 1. The molecular formula is C24H32F3N5O3S. The number of ether oxygens (including phenoxy) is 1. The van der Waals surface area contributed by atoms with Gasteiger partial charge in [-0.2, -0.15) is 0 Å². The zero-order valence-electron chi connectivity index (χ0n) is 20.4. The van der Waals surface area contributed by atoms with E-state index in [4.69, 9.17) is 10.5 Å². The van der Waals surface area contributed by atoms with Gasteiger partial charge >= 0.3 is 0 Å². The molecule has 1 aromatic carbocycles. The summed E-state index contributed by atoms with van der Waals surface area (Å²) in [5.41, 5.74) is 6.22. The van der Waals surface area contributed by atoms with Crippen molar-refractivity contribution in [2.45, 2.75) is 51.2 Å². The molecule has 12 heteroatoms. The van der Waals surface area contributed by atoms with Crippen LogP contribution in [0.2, 0.25) is 0 Å². The molecule has 1 aromatic heterocycles. The average molecular weight is 528 g/mol. The highest BCUT2D eigenvalue weighted by molar-refractivity contribution is 7.89. The topological polar surface area (TPSA) is 102 Å². The average Bonchev–Trinajstić information content (AvgIpc) is 3.23. The fourth-order valence-corrected chi connectivity index (χ4v) is 6.54. The van der Waals surface area contributed by atoms with E-state index in [1.807, 2.05) is 13.8 Å². The van der Waals surface area contributed by atoms with Gasteiger partial charge in [0, 0.05) is 44.2 Å². The minimum Gasteiger partial charge on any atom is -0.487 e. The standard InChI is InChI=1S/C24H32F3N5O3S/c1-3-8-36(33,34)32-6-4-16(5-7-32)15(2)35-17-11-29-24(30-12-17)31-13-19(23(28)14-31)18-9-21(26)22(27)10-20(18)25/h9-12,15-16,19,23H,3-8,13-14,28H2,1-2H3/t15-,19+,23-/m0/s1. The Labute approximate surface area is 209 Å². The third-order valence-electron chi connectivity index (χ3n) is 7.04. The van der Waals surface area contributed by atoms with Gasteiger partial charge in [-0.05, 0) is 43.7 Å². The molecule has 2 fully saturated rings. The molecule has 36 heavy (non-hydrogen) atoms. The van der Waals surface area contributed by atoms with Crippen molar-refractivity contribution in [3.63, 3.8) is 0 Å². The molecule has 0 unspecified atom stereocenters. The van der Waals surface area contributed by atoms with E-state index < -0.39 is 39.4 Å². The molecule has 0 spiro atoms. The Kier molecular flexibility index (Phi) is 8.06. The van der Waals surface area contributed by atoms with Gasteiger partial charge in [0.25, 0.3) is 0 Å². The van der Waals surface area contributed by atoms with Crippen LogP contribution in [0.5, 0.6) is 5.75 Å². The van der Waals surface area contributed by atoms with Gasteiger partial charge in [0.1, 0.15) is 5.82 Å². The third kappa shape index (κ3) is 5.76. The molecule has 0 bridgehead atoms. The lowest BCUT2D eigenvalue weighted by Crippen LogP contribution is -2.42. The molecule has 0 radical (unpaired) electrons. The zero-order chi connectivity index (χ0) is 26.0. The summed E-state index contributed by atoms with van der Waals surface area (Å²) in [6.07, 6.45) is 5.00. The van der Waals surface area contributed by atoms with Crippen LogP contribution < -0.4 is 15.4 Å². The predicted octanol–water partition coefficient (Wildman–Crippen LogP) is 3.04. The van der Waals surface area contributed by atoms with Crippen molar-refractivity contribution in [2.24, 2.45) is 11.7 Å². The molecule has 2 aliphatic rings. The molecule has 0 aliphatic carbocycles. The second-order valence-corrected chi connectivity index (χ2v) is 11.6. The van der Waals surface area contributed by atoms with Gasteiger partial charge in [0.05, 0.1) is 24.3 Å². The highest BCUT2D eigenvalue weighted by Gasteiger charge is 2.35. The van der Waals surface area contributed by atoms with Crippen molar-refractivity contribution in [3.05, 3.63) is 47.5 Å². The Hall–Kier alpha value is -2.44. The van der Waals surface area contributed by atoms with Crippen molar-refractivity contribution < 1.29 is 26.3 Å². The van der Waals surface area contributed by atoms with E-state index in [1.165, 1.54) is 0 Å². The van der Waals surface area contributed by atoms with Crippen LogP contribution in [0.15, 0.2) is 24.5 Å². The summed E-state index contributed by atoms with van der Waals surface area (Å²) in [5.74, 6) is -2.47. The Balaban J connectivity index is 1.34. The fourth-order valence-electron chi connectivity index (χ4n) is 5.00. The smallest absolute Gasteiger partial charge is 0.225 e. The van der Waals surface area contributed by atoms with E-state index in [1.54, 1.807) is 21.6 Å². The monoisotopic (exact) mass is 527 g/mol. The Bertz CT molecular complexity index is 1160. The maximum Gasteiger partial charge on any atom is 0.225 e. The maximum atomic E-state index is 14.3. The maximum absolute atomic E-state index is 14.3. The molecule has 8 nitrogen and oxygen atoms in total. The van der Waals surface area contributed by atoms with Gasteiger partial charge in [-0.3, -0.25) is 0 Å². The van der Waals surface area contributed by atoms with E-state index >= 15 is 0 Å². The van der Waals surface area contributed by atoms with E-state index in [2.05, 4.69) is 9.97 Å². The lowest BCUT2D eigenvalue weighted by atomic mass is 9.93. The van der Waals surface area contributed by atoms with Crippen LogP contribution >= 0.6 is 0 Å². The summed E-state index contributed by atoms with van der Waals surface area (Å²) < 4.78 is 73.4. The lowest BCUT2D eigenvalue weighted by molar-refractivity contribution is 0.111. The molecule has 0 amide bonds. The third-order valence-corrected chi connectivity index (χ3v) is 9.12. The minimum absolute atomic E-state index is 0.0335. The summed E-state index contributed by atoms with van der Waals surface area (Å²) in [7, 11) is -3.18.